The number of carbonyl (C=O) groups excluding carboxylic acids is 2. The topological polar surface area (TPSA) is 110 Å². The first-order chi connectivity index (χ1) is 9.97. The van der Waals surface area contributed by atoms with Gasteiger partial charge in [0.25, 0.3) is 0 Å². The SMILES string of the molecule is NC(=O)C1CCN(C(=O)[C@H](N)Cc2ccc(O)cc2)CC1. The van der Waals surface area contributed by atoms with Crippen molar-refractivity contribution in [1.29, 1.82) is 0 Å². The van der Waals surface area contributed by atoms with E-state index >= 15 is 0 Å². The normalized spacial score (nSPS) is 17.5. The minimum Gasteiger partial charge on any atom is -0.508 e. The van der Waals surface area contributed by atoms with Gasteiger partial charge in [-0.1, -0.05) is 12.1 Å². The van der Waals surface area contributed by atoms with E-state index in [1.165, 1.54) is 0 Å². The number of hydrogen-bond acceptors (Lipinski definition) is 4. The predicted octanol–water partition coefficient (Wildman–Crippen LogP) is -0.0141. The highest BCUT2D eigenvalue weighted by atomic mass is 16.3. The molecule has 6 nitrogen and oxygen atoms in total. The number of amides is 2. The second-order valence-corrected chi connectivity index (χ2v) is 5.48. The number of piperidine rings is 1. The van der Waals surface area contributed by atoms with Crippen LogP contribution in [0.4, 0.5) is 0 Å². The highest BCUT2D eigenvalue weighted by Gasteiger charge is 2.28. The van der Waals surface area contributed by atoms with Crippen LogP contribution in [-0.4, -0.2) is 41.0 Å². The van der Waals surface area contributed by atoms with Crippen molar-refractivity contribution in [2.24, 2.45) is 17.4 Å². The Morgan fingerprint density at radius 2 is 1.81 bits per heavy atom. The predicted molar refractivity (Wildman–Crippen MR) is 78.3 cm³/mol. The summed E-state index contributed by atoms with van der Waals surface area (Å²) >= 11 is 0. The molecule has 2 amide bonds. The molecule has 0 bridgehead atoms. The zero-order valence-corrected chi connectivity index (χ0v) is 11.9. The molecular weight excluding hydrogens is 270 g/mol. The number of aromatic hydroxyl groups is 1. The fraction of sp³-hybridized carbons (Fsp3) is 0.467. The minimum absolute atomic E-state index is 0.106. The molecular formula is C15H21N3O3. The first kappa shape index (κ1) is 15.3. The summed E-state index contributed by atoms with van der Waals surface area (Å²) in [5, 5.41) is 9.23. The van der Waals surface area contributed by atoms with Crippen LogP contribution in [0.3, 0.4) is 0 Å². The van der Waals surface area contributed by atoms with Crippen LogP contribution in [0.1, 0.15) is 18.4 Å². The lowest BCUT2D eigenvalue weighted by Gasteiger charge is -2.32. The molecule has 1 fully saturated rings. The molecule has 0 unspecified atom stereocenters. The first-order valence-corrected chi connectivity index (χ1v) is 7.09. The molecule has 2 rings (SSSR count). The number of benzene rings is 1. The van der Waals surface area contributed by atoms with Crippen molar-refractivity contribution in [3.63, 3.8) is 0 Å². The van der Waals surface area contributed by atoms with E-state index in [0.29, 0.717) is 32.4 Å². The van der Waals surface area contributed by atoms with E-state index in [2.05, 4.69) is 0 Å². The lowest BCUT2D eigenvalue weighted by molar-refractivity contribution is -0.136. The monoisotopic (exact) mass is 291 g/mol. The number of nitrogens with zero attached hydrogens (tertiary/aromatic N) is 1. The van der Waals surface area contributed by atoms with Gasteiger partial charge in [-0.15, -0.1) is 0 Å². The van der Waals surface area contributed by atoms with Gasteiger partial charge in [-0.05, 0) is 37.0 Å². The number of rotatable bonds is 4. The van der Waals surface area contributed by atoms with E-state index in [9.17, 15) is 14.7 Å². The Hall–Kier alpha value is -2.08. The molecule has 1 saturated heterocycles. The van der Waals surface area contributed by atoms with Crippen LogP contribution in [-0.2, 0) is 16.0 Å². The van der Waals surface area contributed by atoms with Gasteiger partial charge < -0.3 is 21.5 Å². The Balaban J connectivity index is 1.88. The standard InChI is InChI=1S/C15H21N3O3/c16-13(9-10-1-3-12(19)4-2-10)15(21)18-7-5-11(6-8-18)14(17)20/h1-4,11,13,19H,5-9,16H2,(H2,17,20)/t13-/m1/s1. The number of likely N-dealkylation sites (tertiary alicyclic amines) is 1. The van der Waals surface area contributed by atoms with Crippen LogP contribution in [0.5, 0.6) is 5.75 Å². The fourth-order valence-corrected chi connectivity index (χ4v) is 2.59. The molecule has 1 aliphatic heterocycles. The molecule has 5 N–H and O–H groups in total. The van der Waals surface area contributed by atoms with Crippen molar-refractivity contribution in [1.82, 2.24) is 4.90 Å². The third-order valence-electron chi connectivity index (χ3n) is 3.92. The largest absolute Gasteiger partial charge is 0.508 e. The van der Waals surface area contributed by atoms with Crippen molar-refractivity contribution in [3.05, 3.63) is 29.8 Å². The number of phenols is 1. The van der Waals surface area contributed by atoms with Crippen molar-refractivity contribution < 1.29 is 14.7 Å². The van der Waals surface area contributed by atoms with Gasteiger partial charge in [0, 0.05) is 19.0 Å². The highest BCUT2D eigenvalue weighted by Crippen LogP contribution is 2.18. The van der Waals surface area contributed by atoms with Crippen LogP contribution in [0.2, 0.25) is 0 Å². The first-order valence-electron chi connectivity index (χ1n) is 7.09. The third kappa shape index (κ3) is 3.95. The zero-order valence-electron chi connectivity index (χ0n) is 11.9. The molecule has 0 spiro atoms. The van der Waals surface area contributed by atoms with E-state index in [4.69, 9.17) is 11.5 Å². The summed E-state index contributed by atoms with van der Waals surface area (Å²) in [4.78, 5) is 25.1. The molecule has 1 atom stereocenters. The molecule has 1 heterocycles. The Morgan fingerprint density at radius 1 is 1.24 bits per heavy atom. The summed E-state index contributed by atoms with van der Waals surface area (Å²) < 4.78 is 0. The zero-order chi connectivity index (χ0) is 15.4. The molecule has 0 aliphatic carbocycles. The number of phenolic OH excluding ortho intramolecular Hbond substituents is 1. The van der Waals surface area contributed by atoms with Crippen molar-refractivity contribution >= 4 is 11.8 Å². The molecule has 1 aromatic rings. The molecule has 1 aromatic carbocycles. The Bertz CT molecular complexity index is 507. The highest BCUT2D eigenvalue weighted by molar-refractivity contribution is 5.82. The molecule has 114 valence electrons. The number of carbonyl (C=O) groups is 2. The molecule has 0 aromatic heterocycles. The second kappa shape index (κ2) is 6.58. The van der Waals surface area contributed by atoms with E-state index < -0.39 is 6.04 Å². The van der Waals surface area contributed by atoms with Crippen molar-refractivity contribution in [2.75, 3.05) is 13.1 Å². The van der Waals surface area contributed by atoms with Gasteiger partial charge in [-0.2, -0.15) is 0 Å². The van der Waals surface area contributed by atoms with Gasteiger partial charge in [0.15, 0.2) is 0 Å². The van der Waals surface area contributed by atoms with Crippen LogP contribution in [0, 0.1) is 5.92 Å². The summed E-state index contributed by atoms with van der Waals surface area (Å²) in [5.74, 6) is -0.351. The molecule has 1 aliphatic rings. The quantitative estimate of drug-likeness (QED) is 0.724. The number of primary amides is 1. The van der Waals surface area contributed by atoms with E-state index in [1.54, 1.807) is 29.2 Å². The average molecular weight is 291 g/mol. The average Bonchev–Trinajstić information content (AvgIpc) is 2.49. The van der Waals surface area contributed by atoms with Gasteiger partial charge >= 0.3 is 0 Å². The summed E-state index contributed by atoms with van der Waals surface area (Å²) in [5.41, 5.74) is 12.1. The summed E-state index contributed by atoms with van der Waals surface area (Å²) in [7, 11) is 0. The van der Waals surface area contributed by atoms with E-state index in [-0.39, 0.29) is 23.5 Å². The second-order valence-electron chi connectivity index (χ2n) is 5.48. The lowest BCUT2D eigenvalue weighted by Crippen LogP contribution is -2.49. The molecule has 21 heavy (non-hydrogen) atoms. The summed E-state index contributed by atoms with van der Waals surface area (Å²) in [6.45, 7) is 1.05. The lowest BCUT2D eigenvalue weighted by atomic mass is 9.95. The fourth-order valence-electron chi connectivity index (χ4n) is 2.59. The Morgan fingerprint density at radius 3 is 2.33 bits per heavy atom. The minimum atomic E-state index is -0.611. The van der Waals surface area contributed by atoms with Crippen LogP contribution >= 0.6 is 0 Å². The maximum Gasteiger partial charge on any atom is 0.239 e. The van der Waals surface area contributed by atoms with Gasteiger partial charge in [0.2, 0.25) is 11.8 Å². The summed E-state index contributed by atoms with van der Waals surface area (Å²) in [6, 6.07) is 6.04. The Kier molecular flexibility index (Phi) is 4.80. The maximum atomic E-state index is 12.3. The van der Waals surface area contributed by atoms with E-state index in [1.807, 2.05) is 0 Å². The van der Waals surface area contributed by atoms with Crippen LogP contribution in [0.25, 0.3) is 0 Å². The number of hydrogen-bond donors (Lipinski definition) is 3. The smallest absolute Gasteiger partial charge is 0.239 e. The van der Waals surface area contributed by atoms with Gasteiger partial charge in [-0.3, -0.25) is 9.59 Å². The number of nitrogens with two attached hydrogens (primary N) is 2. The van der Waals surface area contributed by atoms with Crippen LogP contribution in [0.15, 0.2) is 24.3 Å². The van der Waals surface area contributed by atoms with Crippen LogP contribution < -0.4 is 11.5 Å². The third-order valence-corrected chi connectivity index (χ3v) is 3.92. The van der Waals surface area contributed by atoms with Gasteiger partial charge in [0.1, 0.15) is 5.75 Å². The molecule has 6 heteroatoms. The van der Waals surface area contributed by atoms with Crippen molar-refractivity contribution in [2.45, 2.75) is 25.3 Å². The summed E-state index contributed by atoms with van der Waals surface area (Å²) in [6.07, 6.45) is 1.63. The molecule has 0 radical (unpaired) electrons. The van der Waals surface area contributed by atoms with Crippen molar-refractivity contribution in [3.8, 4) is 5.75 Å². The Labute approximate surface area is 123 Å². The maximum absolute atomic E-state index is 12.3. The van der Waals surface area contributed by atoms with E-state index in [0.717, 1.165) is 5.56 Å². The van der Waals surface area contributed by atoms with Gasteiger partial charge in [-0.25, -0.2) is 0 Å². The molecule has 0 saturated carbocycles. The van der Waals surface area contributed by atoms with Gasteiger partial charge in [0.05, 0.1) is 6.04 Å².